The summed E-state index contributed by atoms with van der Waals surface area (Å²) in [6.07, 6.45) is 1.99. The van der Waals surface area contributed by atoms with E-state index in [1.165, 1.54) is 0 Å². The first-order chi connectivity index (χ1) is 8.45. The van der Waals surface area contributed by atoms with Gasteiger partial charge in [-0.05, 0) is 26.8 Å². The van der Waals surface area contributed by atoms with E-state index in [1.807, 2.05) is 13.8 Å². The van der Waals surface area contributed by atoms with Gasteiger partial charge in [0.25, 0.3) is 0 Å². The van der Waals surface area contributed by atoms with Crippen LogP contribution in [0.2, 0.25) is 0 Å². The largest absolute Gasteiger partial charge is 0.377 e. The molecule has 106 valence electrons. The van der Waals surface area contributed by atoms with E-state index in [4.69, 9.17) is 10.6 Å². The van der Waals surface area contributed by atoms with Gasteiger partial charge in [0.2, 0.25) is 0 Å². The number of ether oxygens (including phenoxy) is 1. The molecule has 0 aliphatic rings. The number of hydrogen-bond acceptors (Lipinski definition) is 5. The Kier molecular flexibility index (Phi) is 9.50. The second kappa shape index (κ2) is 10.0. The Bertz CT molecular complexity index is 262. The number of hydrogen-bond donors (Lipinski definition) is 1. The molecule has 0 spiro atoms. The first-order valence-electron chi connectivity index (χ1n) is 6.52. The lowest BCUT2D eigenvalue weighted by atomic mass is 10.2. The molecule has 5 heteroatoms. The lowest BCUT2D eigenvalue weighted by molar-refractivity contribution is 0.0854. The van der Waals surface area contributed by atoms with Crippen molar-refractivity contribution in [1.29, 1.82) is 0 Å². The van der Waals surface area contributed by atoms with Gasteiger partial charge in [-0.2, -0.15) is 5.10 Å². The molecular formula is C13H28N4O. The maximum absolute atomic E-state index is 5.40. The molecule has 0 atom stereocenters. The lowest BCUT2D eigenvalue weighted by Crippen LogP contribution is -2.30. The van der Waals surface area contributed by atoms with E-state index in [2.05, 4.69) is 35.9 Å². The molecule has 0 radical (unpaired) electrons. The Balaban J connectivity index is 3.93. The minimum absolute atomic E-state index is 0.250. The Morgan fingerprint density at radius 2 is 2.00 bits per heavy atom. The molecule has 5 nitrogen and oxygen atoms in total. The molecule has 0 bridgehead atoms. The van der Waals surface area contributed by atoms with Gasteiger partial charge in [0.1, 0.15) is 0 Å². The van der Waals surface area contributed by atoms with Crippen LogP contribution in [0.25, 0.3) is 0 Å². The summed E-state index contributed by atoms with van der Waals surface area (Å²) in [4.78, 5) is 6.45. The fourth-order valence-corrected chi connectivity index (χ4v) is 1.59. The summed E-state index contributed by atoms with van der Waals surface area (Å²) in [6.45, 7) is 11.4. The van der Waals surface area contributed by atoms with E-state index in [9.17, 15) is 0 Å². The monoisotopic (exact) mass is 256 g/mol. The SMILES string of the molecule is CC(C)CN(C)C/C(C=NCCOC(C)C)=N/N. The van der Waals surface area contributed by atoms with E-state index < -0.39 is 0 Å². The molecule has 0 saturated carbocycles. The van der Waals surface area contributed by atoms with Gasteiger partial charge >= 0.3 is 0 Å². The third-order valence-electron chi connectivity index (χ3n) is 2.19. The van der Waals surface area contributed by atoms with Gasteiger partial charge in [-0.3, -0.25) is 4.99 Å². The molecule has 0 rings (SSSR count). The van der Waals surface area contributed by atoms with Crippen LogP contribution in [-0.4, -0.2) is 56.2 Å². The average molecular weight is 256 g/mol. The predicted octanol–water partition coefficient (Wildman–Crippen LogP) is 1.38. The summed E-state index contributed by atoms with van der Waals surface area (Å²) in [7, 11) is 2.06. The second-order valence-corrected chi connectivity index (χ2v) is 5.17. The minimum atomic E-state index is 0.250. The molecule has 0 heterocycles. The highest BCUT2D eigenvalue weighted by Gasteiger charge is 2.04. The second-order valence-electron chi connectivity index (χ2n) is 5.17. The zero-order valence-electron chi connectivity index (χ0n) is 12.4. The summed E-state index contributed by atoms with van der Waals surface area (Å²) in [6, 6.07) is 0. The molecule has 0 aromatic rings. The van der Waals surface area contributed by atoms with Crippen molar-refractivity contribution in [3.63, 3.8) is 0 Å². The molecule has 0 fully saturated rings. The molecule has 0 unspecified atom stereocenters. The average Bonchev–Trinajstić information content (AvgIpc) is 2.25. The van der Waals surface area contributed by atoms with Crippen molar-refractivity contribution < 1.29 is 4.74 Å². The Morgan fingerprint density at radius 1 is 1.33 bits per heavy atom. The van der Waals surface area contributed by atoms with Gasteiger partial charge in [0.15, 0.2) is 0 Å². The molecule has 0 aromatic heterocycles. The van der Waals surface area contributed by atoms with Crippen molar-refractivity contribution in [2.24, 2.45) is 21.9 Å². The van der Waals surface area contributed by atoms with Crippen molar-refractivity contribution in [2.45, 2.75) is 33.8 Å². The number of nitrogens with zero attached hydrogens (tertiary/aromatic N) is 3. The Labute approximate surface area is 111 Å². The number of aliphatic imine (C=N–C) groups is 1. The fourth-order valence-electron chi connectivity index (χ4n) is 1.59. The van der Waals surface area contributed by atoms with Crippen LogP contribution >= 0.6 is 0 Å². The summed E-state index contributed by atoms with van der Waals surface area (Å²) in [5.41, 5.74) is 0.794. The molecule has 0 saturated heterocycles. The van der Waals surface area contributed by atoms with Crippen molar-refractivity contribution in [3.05, 3.63) is 0 Å². The standard InChI is InChI=1S/C13H28N4O/c1-11(2)9-17(5)10-13(16-14)8-15-6-7-18-12(3)4/h8,11-12H,6-7,9-10,14H2,1-5H3/b15-8?,16-13+. The van der Waals surface area contributed by atoms with E-state index in [0.717, 1.165) is 18.8 Å². The van der Waals surface area contributed by atoms with Gasteiger partial charge in [-0.1, -0.05) is 13.8 Å². The highest BCUT2D eigenvalue weighted by Crippen LogP contribution is 1.95. The molecular weight excluding hydrogens is 228 g/mol. The topological polar surface area (TPSA) is 63.2 Å². The molecule has 2 N–H and O–H groups in total. The van der Waals surface area contributed by atoms with Gasteiger partial charge in [0.05, 0.1) is 25.0 Å². The normalized spacial score (nSPS) is 13.4. The van der Waals surface area contributed by atoms with E-state index >= 15 is 0 Å². The number of rotatable bonds is 9. The molecule has 0 aliphatic heterocycles. The van der Waals surface area contributed by atoms with Crippen LogP contribution in [0.3, 0.4) is 0 Å². The van der Waals surface area contributed by atoms with Crippen molar-refractivity contribution >= 4 is 11.9 Å². The zero-order valence-corrected chi connectivity index (χ0v) is 12.4. The molecule has 0 amide bonds. The highest BCUT2D eigenvalue weighted by molar-refractivity contribution is 6.31. The van der Waals surface area contributed by atoms with Gasteiger partial charge in [-0.25, -0.2) is 0 Å². The van der Waals surface area contributed by atoms with Crippen LogP contribution in [0.4, 0.5) is 0 Å². The number of hydrazone groups is 1. The Hall–Kier alpha value is -0.940. The van der Waals surface area contributed by atoms with Crippen molar-refractivity contribution in [2.75, 3.05) is 33.3 Å². The summed E-state index contributed by atoms with van der Waals surface area (Å²) < 4.78 is 5.40. The van der Waals surface area contributed by atoms with Crippen molar-refractivity contribution in [3.8, 4) is 0 Å². The molecule has 0 aromatic carbocycles. The lowest BCUT2D eigenvalue weighted by Gasteiger charge is -2.18. The van der Waals surface area contributed by atoms with E-state index in [-0.39, 0.29) is 6.10 Å². The zero-order chi connectivity index (χ0) is 14.0. The van der Waals surface area contributed by atoms with Gasteiger partial charge in [-0.15, -0.1) is 0 Å². The predicted molar refractivity (Wildman–Crippen MR) is 78.4 cm³/mol. The van der Waals surface area contributed by atoms with Crippen LogP contribution in [0.5, 0.6) is 0 Å². The first kappa shape index (κ1) is 17.1. The van der Waals surface area contributed by atoms with E-state index in [1.54, 1.807) is 6.21 Å². The van der Waals surface area contributed by atoms with Crippen molar-refractivity contribution in [1.82, 2.24) is 4.90 Å². The third kappa shape index (κ3) is 10.2. The summed E-state index contributed by atoms with van der Waals surface area (Å²) in [5.74, 6) is 5.98. The Morgan fingerprint density at radius 3 is 2.50 bits per heavy atom. The van der Waals surface area contributed by atoms with Crippen LogP contribution in [-0.2, 0) is 4.74 Å². The van der Waals surface area contributed by atoms with Crippen LogP contribution in [0, 0.1) is 5.92 Å². The van der Waals surface area contributed by atoms with E-state index in [0.29, 0.717) is 19.1 Å². The van der Waals surface area contributed by atoms with Gasteiger partial charge < -0.3 is 15.5 Å². The number of nitrogens with two attached hydrogens (primary N) is 1. The van der Waals surface area contributed by atoms with Crippen LogP contribution in [0.15, 0.2) is 10.1 Å². The quantitative estimate of drug-likeness (QED) is 0.293. The fraction of sp³-hybridized carbons (Fsp3) is 0.846. The first-order valence-corrected chi connectivity index (χ1v) is 6.52. The van der Waals surface area contributed by atoms with Gasteiger partial charge in [0, 0.05) is 19.3 Å². The van der Waals surface area contributed by atoms with Crippen LogP contribution in [0.1, 0.15) is 27.7 Å². The highest BCUT2D eigenvalue weighted by atomic mass is 16.5. The smallest absolute Gasteiger partial charge is 0.0918 e. The molecule has 18 heavy (non-hydrogen) atoms. The van der Waals surface area contributed by atoms with Crippen LogP contribution < -0.4 is 5.84 Å². The third-order valence-corrected chi connectivity index (χ3v) is 2.19. The summed E-state index contributed by atoms with van der Waals surface area (Å²) >= 11 is 0. The summed E-state index contributed by atoms with van der Waals surface area (Å²) in [5, 5.41) is 3.75. The maximum Gasteiger partial charge on any atom is 0.0918 e. The molecule has 0 aliphatic carbocycles. The minimum Gasteiger partial charge on any atom is -0.377 e. The maximum atomic E-state index is 5.40.